The zero-order chi connectivity index (χ0) is 12.6. The summed E-state index contributed by atoms with van der Waals surface area (Å²) in [7, 11) is 0. The van der Waals surface area contributed by atoms with Crippen LogP contribution in [0, 0.1) is 11.8 Å². The molecule has 1 aromatic heterocycles. The molecule has 1 aromatic rings. The quantitative estimate of drug-likeness (QED) is 0.837. The van der Waals surface area contributed by atoms with Crippen molar-refractivity contribution in [1.82, 2.24) is 5.32 Å². The van der Waals surface area contributed by atoms with E-state index in [1.807, 2.05) is 0 Å². The molecule has 18 heavy (non-hydrogen) atoms. The molecular weight excluding hydrogens is 242 g/mol. The Bertz CT molecular complexity index is 379. The Balaban J connectivity index is 1.90. The topological polar surface area (TPSA) is 21.3 Å². The molecule has 0 radical (unpaired) electrons. The van der Waals surface area contributed by atoms with Gasteiger partial charge >= 0.3 is 0 Å². The third kappa shape index (κ3) is 2.24. The summed E-state index contributed by atoms with van der Waals surface area (Å²) >= 11 is 1.79. The third-order valence-electron chi connectivity index (χ3n) is 4.44. The monoisotopic (exact) mass is 265 g/mol. The molecule has 3 heteroatoms. The van der Waals surface area contributed by atoms with Gasteiger partial charge in [0.1, 0.15) is 0 Å². The van der Waals surface area contributed by atoms with Crippen molar-refractivity contribution < 1.29 is 4.74 Å². The van der Waals surface area contributed by atoms with E-state index in [1.54, 1.807) is 11.3 Å². The lowest BCUT2D eigenvalue weighted by atomic mass is 9.68. The van der Waals surface area contributed by atoms with Crippen molar-refractivity contribution in [3.8, 4) is 0 Å². The molecule has 1 aliphatic heterocycles. The lowest BCUT2D eigenvalue weighted by Crippen LogP contribution is -2.55. The van der Waals surface area contributed by atoms with Crippen molar-refractivity contribution in [3.05, 3.63) is 22.4 Å². The largest absolute Gasteiger partial charge is 0.372 e. The molecule has 3 rings (SSSR count). The van der Waals surface area contributed by atoms with Gasteiger partial charge in [-0.15, -0.1) is 0 Å². The molecule has 1 aliphatic carbocycles. The van der Waals surface area contributed by atoms with Gasteiger partial charge in [0.05, 0.1) is 18.2 Å². The highest BCUT2D eigenvalue weighted by atomic mass is 32.1. The zero-order valence-corrected chi connectivity index (χ0v) is 12.1. The Labute approximate surface area is 114 Å². The Kier molecular flexibility index (Phi) is 3.48. The first-order valence-electron chi connectivity index (χ1n) is 7.09. The number of thiophene rings is 1. The molecule has 2 fully saturated rings. The van der Waals surface area contributed by atoms with Gasteiger partial charge in [0.15, 0.2) is 0 Å². The molecule has 2 nitrogen and oxygen atoms in total. The van der Waals surface area contributed by atoms with Crippen LogP contribution in [-0.4, -0.2) is 18.8 Å². The van der Waals surface area contributed by atoms with Crippen LogP contribution in [0.25, 0.3) is 0 Å². The van der Waals surface area contributed by atoms with E-state index < -0.39 is 0 Å². The molecule has 0 aromatic carbocycles. The van der Waals surface area contributed by atoms with E-state index in [-0.39, 0.29) is 5.60 Å². The molecule has 0 amide bonds. The molecular formula is C15H23NOS. The van der Waals surface area contributed by atoms with Gasteiger partial charge in [-0.3, -0.25) is 0 Å². The Morgan fingerprint density at radius 1 is 1.33 bits per heavy atom. The van der Waals surface area contributed by atoms with Crippen LogP contribution in [-0.2, 0) is 4.74 Å². The molecule has 0 bridgehead atoms. The fourth-order valence-electron chi connectivity index (χ4n) is 4.06. The van der Waals surface area contributed by atoms with Crippen molar-refractivity contribution in [1.29, 1.82) is 0 Å². The SMILES string of the molecule is CC1CC(C)CC2(C1)OCCNC2c1ccsc1. The van der Waals surface area contributed by atoms with Gasteiger partial charge in [0, 0.05) is 6.54 Å². The normalized spacial score (nSPS) is 41.1. The fraction of sp³-hybridized carbons (Fsp3) is 0.733. The van der Waals surface area contributed by atoms with Crippen LogP contribution in [0.4, 0.5) is 0 Å². The van der Waals surface area contributed by atoms with Crippen molar-refractivity contribution in [2.24, 2.45) is 11.8 Å². The summed E-state index contributed by atoms with van der Waals surface area (Å²) in [4.78, 5) is 0. The van der Waals surface area contributed by atoms with Gasteiger partial charge in [-0.05, 0) is 53.5 Å². The summed E-state index contributed by atoms with van der Waals surface area (Å²) in [5, 5.41) is 8.16. The van der Waals surface area contributed by atoms with Gasteiger partial charge < -0.3 is 10.1 Å². The highest BCUT2D eigenvalue weighted by Gasteiger charge is 2.47. The molecule has 3 atom stereocenters. The average Bonchev–Trinajstić information content (AvgIpc) is 2.81. The molecule has 1 saturated heterocycles. The van der Waals surface area contributed by atoms with Crippen molar-refractivity contribution in [2.75, 3.05) is 13.2 Å². The van der Waals surface area contributed by atoms with Gasteiger partial charge in [-0.25, -0.2) is 0 Å². The van der Waals surface area contributed by atoms with E-state index in [2.05, 4.69) is 36.0 Å². The summed E-state index contributed by atoms with van der Waals surface area (Å²) in [6, 6.07) is 2.64. The van der Waals surface area contributed by atoms with Crippen LogP contribution in [0.1, 0.15) is 44.7 Å². The van der Waals surface area contributed by atoms with Gasteiger partial charge in [-0.1, -0.05) is 13.8 Å². The molecule has 1 spiro atoms. The van der Waals surface area contributed by atoms with Gasteiger partial charge in [0.2, 0.25) is 0 Å². The maximum atomic E-state index is 6.33. The second-order valence-corrected chi connectivity index (χ2v) is 6.99. The van der Waals surface area contributed by atoms with Crippen LogP contribution in [0.15, 0.2) is 16.8 Å². The summed E-state index contributed by atoms with van der Waals surface area (Å²) in [5.74, 6) is 1.55. The van der Waals surface area contributed by atoms with Gasteiger partial charge in [-0.2, -0.15) is 11.3 Å². The Morgan fingerprint density at radius 2 is 2.11 bits per heavy atom. The highest BCUT2D eigenvalue weighted by molar-refractivity contribution is 7.07. The first kappa shape index (κ1) is 12.6. The number of morpholine rings is 1. The predicted molar refractivity (Wildman–Crippen MR) is 75.9 cm³/mol. The van der Waals surface area contributed by atoms with E-state index in [0.29, 0.717) is 6.04 Å². The average molecular weight is 265 g/mol. The van der Waals surface area contributed by atoms with Crippen LogP contribution in [0.5, 0.6) is 0 Å². The van der Waals surface area contributed by atoms with Crippen LogP contribution in [0.2, 0.25) is 0 Å². The second-order valence-electron chi connectivity index (χ2n) is 6.21. The maximum Gasteiger partial charge on any atom is 0.0882 e. The first-order chi connectivity index (χ1) is 8.70. The fourth-order valence-corrected chi connectivity index (χ4v) is 4.74. The minimum Gasteiger partial charge on any atom is -0.372 e. The van der Waals surface area contributed by atoms with Crippen LogP contribution in [0.3, 0.4) is 0 Å². The maximum absolute atomic E-state index is 6.33. The number of hydrogen-bond acceptors (Lipinski definition) is 3. The van der Waals surface area contributed by atoms with Crippen molar-refractivity contribution in [3.63, 3.8) is 0 Å². The number of ether oxygens (including phenoxy) is 1. The molecule has 1 saturated carbocycles. The minimum absolute atomic E-state index is 0.0381. The number of hydrogen-bond donors (Lipinski definition) is 1. The lowest BCUT2D eigenvalue weighted by Gasteiger charge is -2.50. The van der Waals surface area contributed by atoms with Crippen LogP contribution < -0.4 is 5.32 Å². The molecule has 100 valence electrons. The molecule has 2 heterocycles. The van der Waals surface area contributed by atoms with E-state index >= 15 is 0 Å². The summed E-state index contributed by atoms with van der Waals surface area (Å²) in [6.07, 6.45) is 3.75. The minimum atomic E-state index is 0.0381. The van der Waals surface area contributed by atoms with Gasteiger partial charge in [0.25, 0.3) is 0 Å². The zero-order valence-electron chi connectivity index (χ0n) is 11.3. The standard InChI is InChI=1S/C15H23NOS/c1-11-7-12(2)9-15(8-11)14(16-4-5-17-15)13-3-6-18-10-13/h3,6,10-12,14,16H,4-5,7-9H2,1-2H3. The van der Waals surface area contributed by atoms with E-state index in [0.717, 1.165) is 25.0 Å². The van der Waals surface area contributed by atoms with E-state index in [9.17, 15) is 0 Å². The second kappa shape index (κ2) is 4.95. The molecule has 1 N–H and O–H groups in total. The van der Waals surface area contributed by atoms with Crippen LogP contribution >= 0.6 is 11.3 Å². The lowest BCUT2D eigenvalue weighted by molar-refractivity contribution is -0.138. The number of rotatable bonds is 1. The van der Waals surface area contributed by atoms with Crippen molar-refractivity contribution >= 4 is 11.3 Å². The number of nitrogens with one attached hydrogen (secondary N) is 1. The predicted octanol–water partition coefficient (Wildman–Crippen LogP) is 3.60. The summed E-state index contributed by atoms with van der Waals surface area (Å²) in [6.45, 7) is 6.59. The summed E-state index contributed by atoms with van der Waals surface area (Å²) < 4.78 is 6.33. The first-order valence-corrected chi connectivity index (χ1v) is 8.03. The van der Waals surface area contributed by atoms with E-state index in [4.69, 9.17) is 4.74 Å². The Hall–Kier alpha value is -0.380. The summed E-state index contributed by atoms with van der Waals surface area (Å²) in [5.41, 5.74) is 1.46. The third-order valence-corrected chi connectivity index (χ3v) is 5.14. The Morgan fingerprint density at radius 3 is 2.78 bits per heavy atom. The molecule has 2 aliphatic rings. The smallest absolute Gasteiger partial charge is 0.0882 e. The van der Waals surface area contributed by atoms with Crippen molar-refractivity contribution in [2.45, 2.75) is 44.8 Å². The van der Waals surface area contributed by atoms with E-state index in [1.165, 1.54) is 24.8 Å². The molecule has 3 unspecified atom stereocenters. The highest BCUT2D eigenvalue weighted by Crippen LogP contribution is 2.47.